The van der Waals surface area contributed by atoms with Crippen LogP contribution < -0.4 is 16.6 Å². The average molecular weight is 336 g/mol. The number of benzene rings is 1. The number of aromatic nitrogens is 1. The van der Waals surface area contributed by atoms with Crippen molar-refractivity contribution in [1.29, 1.82) is 0 Å². The molecule has 0 unspecified atom stereocenters. The van der Waals surface area contributed by atoms with E-state index in [2.05, 4.69) is 21.2 Å². The van der Waals surface area contributed by atoms with Gasteiger partial charge in [0.2, 0.25) is 5.91 Å². The maximum atomic E-state index is 11.9. The van der Waals surface area contributed by atoms with Crippen LogP contribution in [0.5, 0.6) is 0 Å². The van der Waals surface area contributed by atoms with Crippen molar-refractivity contribution in [1.82, 2.24) is 4.57 Å². The number of amides is 1. The maximum absolute atomic E-state index is 11.9. The van der Waals surface area contributed by atoms with E-state index < -0.39 is 0 Å². The molecule has 0 saturated heterocycles. The van der Waals surface area contributed by atoms with Crippen LogP contribution >= 0.6 is 15.9 Å². The van der Waals surface area contributed by atoms with Gasteiger partial charge >= 0.3 is 0 Å². The lowest BCUT2D eigenvalue weighted by atomic mass is 10.2. The first-order chi connectivity index (χ1) is 9.47. The summed E-state index contributed by atoms with van der Waals surface area (Å²) < 4.78 is 1.75. The molecule has 1 heterocycles. The van der Waals surface area contributed by atoms with Gasteiger partial charge in [-0.3, -0.25) is 9.59 Å². The lowest BCUT2D eigenvalue weighted by molar-refractivity contribution is -0.116. The summed E-state index contributed by atoms with van der Waals surface area (Å²) in [5.74, 6) is -0.284. The van der Waals surface area contributed by atoms with E-state index in [9.17, 15) is 9.59 Å². The van der Waals surface area contributed by atoms with Crippen LogP contribution in [0.15, 0.2) is 45.8 Å². The highest BCUT2D eigenvalue weighted by Gasteiger charge is 2.07. The minimum Gasteiger partial charge on any atom is -0.398 e. The molecule has 20 heavy (non-hydrogen) atoms. The van der Waals surface area contributed by atoms with Crippen molar-refractivity contribution < 1.29 is 4.79 Å². The SMILES string of the molecule is Cc1ccc(NC(=O)Cn2cccc(Br)c2=O)cc1N. The molecule has 0 radical (unpaired) electrons. The highest BCUT2D eigenvalue weighted by Crippen LogP contribution is 2.16. The lowest BCUT2D eigenvalue weighted by Gasteiger charge is -2.09. The molecule has 104 valence electrons. The Morgan fingerprint density at radius 2 is 2.15 bits per heavy atom. The third-order valence-electron chi connectivity index (χ3n) is 2.85. The van der Waals surface area contributed by atoms with E-state index in [1.54, 1.807) is 30.5 Å². The van der Waals surface area contributed by atoms with Gasteiger partial charge in [0.15, 0.2) is 0 Å². The number of nitrogens with two attached hydrogens (primary N) is 1. The fourth-order valence-corrected chi connectivity index (χ4v) is 2.09. The second-order valence-corrected chi connectivity index (χ2v) is 5.26. The highest BCUT2D eigenvalue weighted by atomic mass is 79.9. The Labute approximate surface area is 124 Å². The minimum atomic E-state index is -0.284. The van der Waals surface area contributed by atoms with Gasteiger partial charge in [-0.1, -0.05) is 6.07 Å². The second kappa shape index (κ2) is 5.92. The quantitative estimate of drug-likeness (QED) is 0.843. The number of hydrogen-bond donors (Lipinski definition) is 2. The van der Waals surface area contributed by atoms with E-state index in [4.69, 9.17) is 5.73 Å². The number of hydrogen-bond acceptors (Lipinski definition) is 3. The fourth-order valence-electron chi connectivity index (χ4n) is 1.71. The monoisotopic (exact) mass is 335 g/mol. The van der Waals surface area contributed by atoms with Crippen LogP contribution in [0.2, 0.25) is 0 Å². The Balaban J connectivity index is 2.11. The van der Waals surface area contributed by atoms with Gasteiger partial charge in [-0.05, 0) is 52.7 Å². The minimum absolute atomic E-state index is 0.0495. The summed E-state index contributed by atoms with van der Waals surface area (Å²) >= 11 is 3.14. The van der Waals surface area contributed by atoms with Crippen molar-refractivity contribution >= 4 is 33.2 Å². The molecule has 2 rings (SSSR count). The van der Waals surface area contributed by atoms with Gasteiger partial charge in [0, 0.05) is 17.6 Å². The molecule has 0 aliphatic rings. The van der Waals surface area contributed by atoms with Gasteiger partial charge in [-0.25, -0.2) is 0 Å². The Kier molecular flexibility index (Phi) is 4.24. The zero-order chi connectivity index (χ0) is 14.7. The zero-order valence-corrected chi connectivity index (χ0v) is 12.5. The van der Waals surface area contributed by atoms with E-state index in [1.807, 2.05) is 13.0 Å². The van der Waals surface area contributed by atoms with Gasteiger partial charge in [0.1, 0.15) is 6.54 Å². The summed E-state index contributed by atoms with van der Waals surface area (Å²) in [6, 6.07) is 8.63. The number of nitrogens with zero attached hydrogens (tertiary/aromatic N) is 1. The molecule has 0 atom stereocenters. The molecule has 1 amide bonds. The van der Waals surface area contributed by atoms with E-state index in [-0.39, 0.29) is 18.0 Å². The predicted octanol–water partition coefficient (Wildman–Crippen LogP) is 2.14. The molecule has 0 bridgehead atoms. The number of carbonyl (C=O) groups is 1. The smallest absolute Gasteiger partial charge is 0.265 e. The van der Waals surface area contributed by atoms with E-state index in [0.29, 0.717) is 15.8 Å². The van der Waals surface area contributed by atoms with Crippen LogP contribution in [0.4, 0.5) is 11.4 Å². The Bertz CT molecular complexity index is 710. The summed E-state index contributed by atoms with van der Waals surface area (Å²) in [7, 11) is 0. The normalized spacial score (nSPS) is 10.3. The average Bonchev–Trinajstić information content (AvgIpc) is 2.39. The van der Waals surface area contributed by atoms with Crippen LogP contribution in [0.1, 0.15) is 5.56 Å². The molecular weight excluding hydrogens is 322 g/mol. The van der Waals surface area contributed by atoms with Crippen LogP contribution in [0.25, 0.3) is 0 Å². The number of aryl methyl sites for hydroxylation is 1. The van der Waals surface area contributed by atoms with Crippen molar-refractivity contribution in [3.63, 3.8) is 0 Å². The van der Waals surface area contributed by atoms with Gasteiger partial charge in [-0.15, -0.1) is 0 Å². The molecule has 1 aromatic carbocycles. The first kappa shape index (κ1) is 14.3. The third-order valence-corrected chi connectivity index (χ3v) is 3.45. The number of nitrogen functional groups attached to an aromatic ring is 1. The first-order valence-corrected chi connectivity index (χ1v) is 6.77. The van der Waals surface area contributed by atoms with Crippen molar-refractivity contribution in [2.24, 2.45) is 0 Å². The number of halogens is 1. The van der Waals surface area contributed by atoms with Gasteiger partial charge in [0.05, 0.1) is 4.47 Å². The van der Waals surface area contributed by atoms with Crippen molar-refractivity contribution in [2.75, 3.05) is 11.1 Å². The fraction of sp³-hybridized carbons (Fsp3) is 0.143. The molecule has 0 aliphatic heterocycles. The van der Waals surface area contributed by atoms with Crippen molar-refractivity contribution in [3.05, 3.63) is 56.9 Å². The molecule has 0 saturated carbocycles. The lowest BCUT2D eigenvalue weighted by Crippen LogP contribution is -2.27. The summed E-state index contributed by atoms with van der Waals surface area (Å²) in [5.41, 5.74) is 7.71. The summed E-state index contributed by atoms with van der Waals surface area (Å²) in [6.45, 7) is 1.84. The number of carbonyl (C=O) groups excluding carboxylic acids is 1. The zero-order valence-electron chi connectivity index (χ0n) is 10.9. The van der Waals surface area contributed by atoms with Crippen LogP contribution in [0.3, 0.4) is 0 Å². The number of pyridine rings is 1. The molecule has 0 spiro atoms. The predicted molar refractivity (Wildman–Crippen MR) is 82.6 cm³/mol. The Morgan fingerprint density at radius 1 is 1.40 bits per heavy atom. The topological polar surface area (TPSA) is 77.1 Å². The van der Waals surface area contributed by atoms with E-state index in [1.165, 1.54) is 4.57 Å². The molecule has 2 aromatic rings. The van der Waals surface area contributed by atoms with Crippen LogP contribution in [0, 0.1) is 6.92 Å². The van der Waals surface area contributed by atoms with Crippen molar-refractivity contribution in [2.45, 2.75) is 13.5 Å². The molecule has 5 nitrogen and oxygen atoms in total. The Morgan fingerprint density at radius 3 is 2.85 bits per heavy atom. The molecule has 1 aromatic heterocycles. The molecular formula is C14H14BrN3O2. The Hall–Kier alpha value is -2.08. The summed E-state index contributed by atoms with van der Waals surface area (Å²) in [4.78, 5) is 23.7. The number of rotatable bonds is 3. The number of nitrogens with one attached hydrogen (secondary N) is 1. The molecule has 6 heteroatoms. The van der Waals surface area contributed by atoms with Gasteiger partial charge in [0.25, 0.3) is 5.56 Å². The standard InChI is InChI=1S/C14H14BrN3O2/c1-9-4-5-10(7-12(9)16)17-13(19)8-18-6-2-3-11(15)14(18)20/h2-7H,8,16H2,1H3,(H,17,19). The summed E-state index contributed by atoms with van der Waals surface area (Å²) in [6.07, 6.45) is 1.57. The van der Waals surface area contributed by atoms with Crippen LogP contribution in [-0.4, -0.2) is 10.5 Å². The molecule has 3 N–H and O–H groups in total. The third kappa shape index (κ3) is 3.27. The maximum Gasteiger partial charge on any atom is 0.265 e. The number of anilines is 2. The van der Waals surface area contributed by atoms with Gasteiger partial charge in [-0.2, -0.15) is 0 Å². The highest BCUT2D eigenvalue weighted by molar-refractivity contribution is 9.10. The van der Waals surface area contributed by atoms with E-state index in [0.717, 1.165) is 5.56 Å². The van der Waals surface area contributed by atoms with E-state index >= 15 is 0 Å². The van der Waals surface area contributed by atoms with Crippen molar-refractivity contribution in [3.8, 4) is 0 Å². The second-order valence-electron chi connectivity index (χ2n) is 4.41. The largest absolute Gasteiger partial charge is 0.398 e. The summed E-state index contributed by atoms with van der Waals surface area (Å²) in [5, 5.41) is 2.71. The van der Waals surface area contributed by atoms with Gasteiger partial charge < -0.3 is 15.6 Å². The first-order valence-electron chi connectivity index (χ1n) is 5.98. The molecule has 0 fully saturated rings. The molecule has 0 aliphatic carbocycles. The van der Waals surface area contributed by atoms with Crippen LogP contribution in [-0.2, 0) is 11.3 Å².